The summed E-state index contributed by atoms with van der Waals surface area (Å²) in [5, 5.41) is 11.4. The van der Waals surface area contributed by atoms with E-state index in [9.17, 15) is 9.59 Å². The Morgan fingerprint density at radius 3 is 2.52 bits per heavy atom. The molecule has 7 nitrogen and oxygen atoms in total. The monoisotopic (exact) mass is 351 g/mol. The molecule has 2 rings (SSSR count). The van der Waals surface area contributed by atoms with Crippen molar-refractivity contribution in [1.82, 2.24) is 0 Å². The highest BCUT2D eigenvalue weighted by Crippen LogP contribution is 2.16. The summed E-state index contributed by atoms with van der Waals surface area (Å²) in [6.07, 6.45) is 2.82. The predicted molar refractivity (Wildman–Crippen MR) is 91.8 cm³/mol. The lowest BCUT2D eigenvalue weighted by molar-refractivity contribution is -0.137. The van der Waals surface area contributed by atoms with Gasteiger partial charge in [0.2, 0.25) is 5.91 Å². The SMILES string of the molecule is O=C(O)CCCOc1ccc(NC(=O)CCOC2CCOCC2)cc1. The molecule has 0 aromatic heterocycles. The molecule has 1 saturated heterocycles. The second kappa shape index (κ2) is 10.7. The van der Waals surface area contributed by atoms with Crippen LogP contribution >= 0.6 is 0 Å². The molecule has 25 heavy (non-hydrogen) atoms. The third-order valence-corrected chi connectivity index (χ3v) is 3.79. The molecule has 1 heterocycles. The highest BCUT2D eigenvalue weighted by Gasteiger charge is 2.14. The topological polar surface area (TPSA) is 94.1 Å². The van der Waals surface area contributed by atoms with E-state index in [0.29, 0.717) is 37.5 Å². The molecule has 1 aromatic carbocycles. The molecule has 1 aliphatic heterocycles. The first-order valence-corrected chi connectivity index (χ1v) is 8.57. The Kier molecular flexibility index (Phi) is 8.21. The maximum atomic E-state index is 11.9. The molecule has 138 valence electrons. The van der Waals surface area contributed by atoms with E-state index in [-0.39, 0.29) is 18.4 Å². The molecule has 1 aromatic rings. The molecule has 0 radical (unpaired) electrons. The first-order chi connectivity index (χ1) is 12.1. The Bertz CT molecular complexity index is 539. The minimum atomic E-state index is -0.831. The molecule has 0 bridgehead atoms. The molecular formula is C18H25NO6. The van der Waals surface area contributed by atoms with Crippen LogP contribution in [-0.4, -0.2) is 49.5 Å². The minimum Gasteiger partial charge on any atom is -0.494 e. The zero-order valence-electron chi connectivity index (χ0n) is 14.2. The summed E-state index contributed by atoms with van der Waals surface area (Å²) >= 11 is 0. The molecule has 1 fully saturated rings. The third-order valence-electron chi connectivity index (χ3n) is 3.79. The number of carboxylic acids is 1. The van der Waals surface area contributed by atoms with Crippen molar-refractivity contribution in [3.8, 4) is 5.75 Å². The molecule has 2 N–H and O–H groups in total. The fourth-order valence-corrected chi connectivity index (χ4v) is 2.43. The van der Waals surface area contributed by atoms with Crippen LogP contribution in [0.1, 0.15) is 32.1 Å². The van der Waals surface area contributed by atoms with Crippen molar-refractivity contribution < 1.29 is 28.9 Å². The number of aliphatic carboxylic acids is 1. The summed E-state index contributed by atoms with van der Waals surface area (Å²) in [6.45, 7) is 2.20. The number of hydrogen-bond donors (Lipinski definition) is 2. The number of amides is 1. The Hall–Kier alpha value is -2.12. The number of hydrogen-bond acceptors (Lipinski definition) is 5. The molecule has 0 unspecified atom stereocenters. The lowest BCUT2D eigenvalue weighted by Crippen LogP contribution is -2.25. The first kappa shape index (κ1) is 19.2. The van der Waals surface area contributed by atoms with Gasteiger partial charge in [-0.15, -0.1) is 0 Å². The number of anilines is 1. The van der Waals surface area contributed by atoms with Gasteiger partial charge in [-0.25, -0.2) is 0 Å². The van der Waals surface area contributed by atoms with Crippen molar-refractivity contribution in [3.05, 3.63) is 24.3 Å². The van der Waals surface area contributed by atoms with E-state index in [2.05, 4.69) is 5.32 Å². The quantitative estimate of drug-likeness (QED) is 0.629. The average molecular weight is 351 g/mol. The Morgan fingerprint density at radius 2 is 1.84 bits per heavy atom. The van der Waals surface area contributed by atoms with Crippen LogP contribution in [0, 0.1) is 0 Å². The van der Waals surface area contributed by atoms with Crippen LogP contribution in [-0.2, 0) is 19.1 Å². The number of carboxylic acid groups (broad SMARTS) is 1. The van der Waals surface area contributed by atoms with Crippen molar-refractivity contribution in [3.63, 3.8) is 0 Å². The predicted octanol–water partition coefficient (Wildman–Crippen LogP) is 2.45. The van der Waals surface area contributed by atoms with Gasteiger partial charge in [0.15, 0.2) is 0 Å². The first-order valence-electron chi connectivity index (χ1n) is 8.57. The van der Waals surface area contributed by atoms with E-state index < -0.39 is 5.97 Å². The second-order valence-corrected chi connectivity index (χ2v) is 5.85. The second-order valence-electron chi connectivity index (χ2n) is 5.85. The molecule has 0 spiro atoms. The van der Waals surface area contributed by atoms with Crippen LogP contribution < -0.4 is 10.1 Å². The maximum Gasteiger partial charge on any atom is 0.303 e. The van der Waals surface area contributed by atoms with Gasteiger partial charge >= 0.3 is 5.97 Å². The van der Waals surface area contributed by atoms with E-state index in [4.69, 9.17) is 19.3 Å². The molecule has 0 aliphatic carbocycles. The lowest BCUT2D eigenvalue weighted by Gasteiger charge is -2.22. The average Bonchev–Trinajstić information content (AvgIpc) is 2.61. The number of rotatable bonds is 10. The number of benzene rings is 1. The summed E-state index contributed by atoms with van der Waals surface area (Å²) in [5.74, 6) is -0.282. The van der Waals surface area contributed by atoms with E-state index in [1.54, 1.807) is 24.3 Å². The highest BCUT2D eigenvalue weighted by atomic mass is 16.5. The van der Waals surface area contributed by atoms with E-state index in [1.165, 1.54) is 0 Å². The lowest BCUT2D eigenvalue weighted by atomic mass is 10.1. The van der Waals surface area contributed by atoms with E-state index in [0.717, 1.165) is 26.1 Å². The fraction of sp³-hybridized carbons (Fsp3) is 0.556. The zero-order valence-corrected chi connectivity index (χ0v) is 14.2. The fourth-order valence-electron chi connectivity index (χ4n) is 2.43. The van der Waals surface area contributed by atoms with Gasteiger partial charge in [-0.1, -0.05) is 0 Å². The van der Waals surface area contributed by atoms with Crippen molar-refractivity contribution in [2.24, 2.45) is 0 Å². The van der Waals surface area contributed by atoms with Crippen molar-refractivity contribution >= 4 is 17.6 Å². The largest absolute Gasteiger partial charge is 0.494 e. The normalized spacial score (nSPS) is 14.9. The molecule has 1 aliphatic rings. The van der Waals surface area contributed by atoms with E-state index >= 15 is 0 Å². The summed E-state index contributed by atoms with van der Waals surface area (Å²) in [6, 6.07) is 7.00. The molecule has 0 saturated carbocycles. The molecule has 7 heteroatoms. The van der Waals surface area contributed by atoms with Crippen LogP contribution in [0.5, 0.6) is 5.75 Å². The standard InChI is InChI=1S/C18H25NO6/c20-17(9-13-25-16-7-11-23-12-8-16)19-14-3-5-15(6-4-14)24-10-1-2-18(21)22/h3-6,16H,1-2,7-13H2,(H,19,20)(H,21,22). The van der Waals surface area contributed by atoms with Gasteiger partial charge in [0.05, 0.1) is 25.7 Å². The van der Waals surface area contributed by atoms with Gasteiger partial charge in [-0.2, -0.15) is 0 Å². The summed E-state index contributed by atoms with van der Waals surface area (Å²) < 4.78 is 16.4. The van der Waals surface area contributed by atoms with Gasteiger partial charge in [-0.3, -0.25) is 9.59 Å². The van der Waals surface area contributed by atoms with Gasteiger partial charge in [0.1, 0.15) is 5.75 Å². The Balaban J connectivity index is 1.62. The Morgan fingerprint density at radius 1 is 1.12 bits per heavy atom. The third kappa shape index (κ3) is 8.00. The highest BCUT2D eigenvalue weighted by molar-refractivity contribution is 5.90. The van der Waals surface area contributed by atoms with Crippen molar-refractivity contribution in [1.29, 1.82) is 0 Å². The van der Waals surface area contributed by atoms with Crippen LogP contribution in [0.3, 0.4) is 0 Å². The molecular weight excluding hydrogens is 326 g/mol. The summed E-state index contributed by atoms with van der Waals surface area (Å²) in [5.41, 5.74) is 0.689. The smallest absolute Gasteiger partial charge is 0.303 e. The number of nitrogens with one attached hydrogen (secondary N) is 1. The zero-order chi connectivity index (χ0) is 17.9. The molecule has 1 amide bonds. The van der Waals surface area contributed by atoms with Gasteiger partial charge in [0.25, 0.3) is 0 Å². The van der Waals surface area contributed by atoms with Crippen LogP contribution in [0.15, 0.2) is 24.3 Å². The summed E-state index contributed by atoms with van der Waals surface area (Å²) in [7, 11) is 0. The van der Waals surface area contributed by atoms with Gasteiger partial charge in [-0.05, 0) is 43.5 Å². The maximum absolute atomic E-state index is 11.9. The van der Waals surface area contributed by atoms with Crippen LogP contribution in [0.4, 0.5) is 5.69 Å². The van der Waals surface area contributed by atoms with Crippen molar-refractivity contribution in [2.75, 3.05) is 31.7 Å². The molecule has 0 atom stereocenters. The van der Waals surface area contributed by atoms with E-state index in [1.807, 2.05) is 0 Å². The number of carbonyl (C=O) groups is 2. The number of ether oxygens (including phenoxy) is 3. The van der Waals surface area contributed by atoms with Gasteiger partial charge in [0, 0.05) is 25.3 Å². The van der Waals surface area contributed by atoms with Crippen LogP contribution in [0.25, 0.3) is 0 Å². The van der Waals surface area contributed by atoms with Crippen LogP contribution in [0.2, 0.25) is 0 Å². The Labute approximate surface area is 147 Å². The van der Waals surface area contributed by atoms with Gasteiger partial charge < -0.3 is 24.6 Å². The van der Waals surface area contributed by atoms with Crippen molar-refractivity contribution in [2.45, 2.75) is 38.2 Å². The summed E-state index contributed by atoms with van der Waals surface area (Å²) in [4.78, 5) is 22.3. The number of carbonyl (C=O) groups excluding carboxylic acids is 1. The minimum absolute atomic E-state index is 0.0874.